The van der Waals surface area contributed by atoms with Crippen molar-refractivity contribution in [1.29, 1.82) is 0 Å². The van der Waals surface area contributed by atoms with Gasteiger partial charge in [0.25, 0.3) is 0 Å². The van der Waals surface area contributed by atoms with Gasteiger partial charge in [-0.3, -0.25) is 6.08 Å². The molecule has 0 aliphatic heterocycles. The molecule has 0 N–H and O–H groups in total. The van der Waals surface area contributed by atoms with Crippen molar-refractivity contribution in [3.8, 4) is 33.4 Å². The number of hydrogen-bond donors (Lipinski definition) is 0. The summed E-state index contributed by atoms with van der Waals surface area (Å²) in [6.45, 7) is 13.9. The van der Waals surface area contributed by atoms with Gasteiger partial charge in [-0.15, -0.1) is 35.2 Å². The first-order chi connectivity index (χ1) is 25.0. The fourth-order valence-electron chi connectivity index (χ4n) is 6.82. The van der Waals surface area contributed by atoms with Crippen molar-refractivity contribution in [1.82, 2.24) is 0 Å². The third-order valence-electron chi connectivity index (χ3n) is 9.53. The summed E-state index contributed by atoms with van der Waals surface area (Å²) in [5.41, 5.74) is 13.0. The SMILES string of the molecule is CC(C)(C)c1cc2c([c-]c1-c1ccccc1)Cc1cc(-c3ccccc3)c(C(C)(C)C)cc1-2.[C-]1=CC=CC1.[Zr+2]=[Si](c1ccccc1)c1ccccc1. The Morgan fingerprint density at radius 2 is 1.06 bits per heavy atom. The molecular weight excluding hydrogens is 720 g/mol. The fourth-order valence-corrected chi connectivity index (χ4v) is 10.7. The van der Waals surface area contributed by atoms with Gasteiger partial charge in [0.15, 0.2) is 0 Å². The summed E-state index contributed by atoms with van der Waals surface area (Å²) in [6, 6.07) is 54.5. The first-order valence-electron chi connectivity index (χ1n) is 18.3. The van der Waals surface area contributed by atoms with E-state index in [1.54, 1.807) is 23.3 Å². The first kappa shape index (κ1) is 37.7. The quantitative estimate of drug-likeness (QED) is 0.124. The number of allylic oxidation sites excluding steroid dienone is 4. The van der Waals surface area contributed by atoms with Gasteiger partial charge in [0, 0.05) is 0 Å². The molecule has 0 saturated carbocycles. The molecule has 0 atom stereocenters. The van der Waals surface area contributed by atoms with E-state index in [4.69, 9.17) is 0 Å². The van der Waals surface area contributed by atoms with Gasteiger partial charge < -0.3 is 0 Å². The molecule has 0 saturated heterocycles. The van der Waals surface area contributed by atoms with Crippen LogP contribution in [0.15, 0.2) is 158 Å². The van der Waals surface area contributed by atoms with Gasteiger partial charge >= 0.3 is 99.8 Å². The third-order valence-corrected chi connectivity index (χ3v) is 15.6. The molecule has 2 aliphatic rings. The summed E-state index contributed by atoms with van der Waals surface area (Å²) in [4.78, 5) is 0. The Labute approximate surface area is 327 Å². The topological polar surface area (TPSA) is 0 Å². The maximum atomic E-state index is 3.88. The third kappa shape index (κ3) is 9.09. The number of rotatable bonds is 4. The van der Waals surface area contributed by atoms with Crippen molar-refractivity contribution >= 4 is 15.8 Å². The normalized spacial score (nSPS) is 12.6. The van der Waals surface area contributed by atoms with E-state index in [9.17, 15) is 0 Å². The van der Waals surface area contributed by atoms with E-state index < -0.39 is 5.43 Å². The van der Waals surface area contributed by atoms with Crippen LogP contribution in [0, 0.1) is 12.1 Å². The molecule has 52 heavy (non-hydrogen) atoms. The summed E-state index contributed by atoms with van der Waals surface area (Å²) < 4.78 is 0. The van der Waals surface area contributed by atoms with Crippen molar-refractivity contribution < 1.29 is 23.3 Å². The van der Waals surface area contributed by atoms with Crippen LogP contribution < -0.4 is 10.4 Å². The van der Waals surface area contributed by atoms with E-state index in [1.165, 1.54) is 66.0 Å². The van der Waals surface area contributed by atoms with Gasteiger partial charge in [-0.2, -0.15) is 6.08 Å². The van der Waals surface area contributed by atoms with Crippen LogP contribution in [0.25, 0.3) is 33.4 Å². The Kier molecular flexibility index (Phi) is 12.1. The van der Waals surface area contributed by atoms with Crippen molar-refractivity contribution in [3.05, 3.63) is 192 Å². The van der Waals surface area contributed by atoms with Crippen LogP contribution in [0.1, 0.15) is 70.2 Å². The maximum absolute atomic E-state index is 3.88. The van der Waals surface area contributed by atoms with Crippen LogP contribution in [0.5, 0.6) is 0 Å². The average molecular weight is 768 g/mol. The molecule has 6 aromatic rings. The van der Waals surface area contributed by atoms with E-state index in [2.05, 4.69) is 199 Å². The Bertz CT molecular complexity index is 2020. The molecule has 0 amide bonds. The van der Waals surface area contributed by atoms with Crippen LogP contribution in [0.4, 0.5) is 0 Å². The summed E-state index contributed by atoms with van der Waals surface area (Å²) in [5.74, 6) is 0. The van der Waals surface area contributed by atoms with Crippen molar-refractivity contribution in [3.63, 3.8) is 0 Å². The fraction of sp³-hybridized carbons (Fsp3) is 0.200. The minimum absolute atomic E-state index is 0.0380. The standard InChI is InChI=1S/C33H33.C12H10Si.C5H5.Zr/c1-32(2,3)30-20-26-24(18-28(30)22-13-9-7-10-14-22)17-25-19-29(23-15-11-8-12-16-23)31(21-27(25)26)33(4,5)6;1-3-7-11(8-4-1)13-12-9-5-2-6-10-12;1-2-4-5-3-1;/h7-16,18,20-21H,17H2,1-6H3;1-10H;1-3H,4H2;/q-1;;-1;+2. The second-order valence-corrected chi connectivity index (χ2v) is 21.1. The Hall–Kier alpha value is -4.10. The molecule has 0 bridgehead atoms. The van der Waals surface area contributed by atoms with E-state index in [0.29, 0.717) is 0 Å². The van der Waals surface area contributed by atoms with Crippen LogP contribution in [0.3, 0.4) is 0 Å². The van der Waals surface area contributed by atoms with Crippen LogP contribution in [-0.2, 0) is 40.6 Å². The van der Waals surface area contributed by atoms with Crippen molar-refractivity contribution in [2.45, 2.75) is 65.2 Å². The Balaban J connectivity index is 0.000000199. The van der Waals surface area contributed by atoms with Gasteiger partial charge in [0.05, 0.1) is 0 Å². The van der Waals surface area contributed by atoms with Gasteiger partial charge in [-0.25, -0.2) is 12.2 Å². The summed E-state index contributed by atoms with van der Waals surface area (Å²) in [6.07, 6.45) is 10.9. The molecule has 2 heteroatoms. The predicted octanol–water partition coefficient (Wildman–Crippen LogP) is 11.6. The van der Waals surface area contributed by atoms with E-state index in [-0.39, 0.29) is 10.8 Å². The molecule has 0 radical (unpaired) electrons. The van der Waals surface area contributed by atoms with Gasteiger partial charge in [0.1, 0.15) is 0 Å². The van der Waals surface area contributed by atoms with Gasteiger partial charge in [-0.1, -0.05) is 131 Å². The average Bonchev–Trinajstić information content (AvgIpc) is 3.86. The zero-order valence-electron chi connectivity index (χ0n) is 31.4. The monoisotopic (exact) mass is 766 g/mol. The van der Waals surface area contributed by atoms with Crippen LogP contribution >= 0.6 is 0 Å². The Morgan fingerprint density at radius 3 is 1.52 bits per heavy atom. The van der Waals surface area contributed by atoms with Crippen LogP contribution in [-0.4, -0.2) is 5.43 Å². The molecule has 0 aromatic heterocycles. The molecule has 8 rings (SSSR count). The van der Waals surface area contributed by atoms with Crippen molar-refractivity contribution in [2.24, 2.45) is 0 Å². The molecule has 2 aliphatic carbocycles. The van der Waals surface area contributed by atoms with Gasteiger partial charge in [0.2, 0.25) is 0 Å². The molecule has 6 aromatic carbocycles. The first-order valence-corrected chi connectivity index (χ1v) is 23.5. The Morgan fingerprint density at radius 1 is 0.558 bits per heavy atom. The molecule has 0 unspecified atom stereocenters. The minimum atomic E-state index is -0.455. The molecule has 0 nitrogen and oxygen atoms in total. The second-order valence-electron chi connectivity index (χ2n) is 15.5. The summed E-state index contributed by atoms with van der Waals surface area (Å²) in [7, 11) is 0. The molecule has 256 valence electrons. The van der Waals surface area contributed by atoms with Crippen LogP contribution in [0.2, 0.25) is 0 Å². The molecular formula is C50H48SiZr. The number of hydrogen-bond acceptors (Lipinski definition) is 0. The van der Waals surface area contributed by atoms with E-state index in [1.807, 2.05) is 12.2 Å². The predicted molar refractivity (Wildman–Crippen MR) is 221 cm³/mol. The zero-order chi connectivity index (χ0) is 36.7. The number of fused-ring (bicyclic) bond motifs is 3. The second kappa shape index (κ2) is 16.7. The molecule has 0 heterocycles. The van der Waals surface area contributed by atoms with Gasteiger partial charge in [-0.05, 0) is 39.5 Å². The van der Waals surface area contributed by atoms with E-state index in [0.717, 1.165) is 12.8 Å². The molecule has 0 fully saturated rings. The zero-order valence-corrected chi connectivity index (χ0v) is 34.9. The number of benzene rings is 6. The van der Waals surface area contributed by atoms with E-state index >= 15 is 0 Å². The summed E-state index contributed by atoms with van der Waals surface area (Å²) >= 11 is 1.64. The summed E-state index contributed by atoms with van der Waals surface area (Å²) in [5, 5.41) is 3.03. The molecule has 0 spiro atoms. The van der Waals surface area contributed by atoms with Crippen molar-refractivity contribution in [2.75, 3.05) is 0 Å².